The Labute approximate surface area is 251 Å². The zero-order valence-corrected chi connectivity index (χ0v) is 24.8. The van der Waals surface area contributed by atoms with Crippen molar-refractivity contribution in [3.05, 3.63) is 34.5 Å². The maximum Gasteiger partial charge on any atom is 0.228 e. The summed E-state index contributed by atoms with van der Waals surface area (Å²) >= 11 is 0.970. The van der Waals surface area contributed by atoms with Crippen LogP contribution in [0, 0.1) is 23.0 Å². The van der Waals surface area contributed by atoms with Gasteiger partial charge in [0.25, 0.3) is 0 Å². The second kappa shape index (κ2) is 9.92. The highest BCUT2D eigenvalue weighted by Crippen LogP contribution is 2.48. The average Bonchev–Trinajstić information content (AvgIpc) is 3.79. The van der Waals surface area contributed by atoms with Gasteiger partial charge in [-0.15, -0.1) is 11.3 Å². The van der Waals surface area contributed by atoms with Crippen molar-refractivity contribution in [2.75, 3.05) is 55.8 Å². The number of ether oxygens (including phenoxy) is 1. The van der Waals surface area contributed by atoms with E-state index in [2.05, 4.69) is 45.2 Å². The summed E-state index contributed by atoms with van der Waals surface area (Å²) < 4.78 is 38.3. The molecular weight excluding hydrogens is 572 g/mol. The number of halogens is 2. The van der Waals surface area contributed by atoms with Gasteiger partial charge < -0.3 is 30.5 Å². The lowest BCUT2D eigenvalue weighted by atomic mass is 9.93. The van der Waals surface area contributed by atoms with Crippen molar-refractivity contribution in [2.45, 2.75) is 50.6 Å². The molecule has 3 fully saturated rings. The van der Waals surface area contributed by atoms with Crippen LogP contribution in [0.25, 0.3) is 32.2 Å². The Bertz CT molecular complexity index is 1840. The number of nitrogens with one attached hydrogen (secondary N) is 1. The Morgan fingerprint density at radius 3 is 2.60 bits per heavy atom. The van der Waals surface area contributed by atoms with Gasteiger partial charge in [0.05, 0.1) is 40.8 Å². The molecule has 2 unspecified atom stereocenters. The molecule has 2 bridgehead atoms. The molecule has 3 N–H and O–H groups in total. The lowest BCUT2D eigenvalue weighted by molar-refractivity contribution is 0.135. The third-order valence-corrected chi connectivity index (χ3v) is 10.6. The van der Waals surface area contributed by atoms with Crippen molar-refractivity contribution < 1.29 is 13.5 Å². The van der Waals surface area contributed by atoms with E-state index in [-0.39, 0.29) is 62.7 Å². The van der Waals surface area contributed by atoms with Crippen LogP contribution in [0.15, 0.2) is 6.20 Å². The first-order valence-corrected chi connectivity index (χ1v) is 15.5. The minimum absolute atomic E-state index is 0.0995. The summed E-state index contributed by atoms with van der Waals surface area (Å²) in [5.41, 5.74) is 8.24. The largest absolute Gasteiger partial charge is 0.389 e. The fourth-order valence-electron chi connectivity index (χ4n) is 7.43. The normalized spacial score (nSPS) is 23.2. The Morgan fingerprint density at radius 1 is 1.12 bits per heavy atom. The highest BCUT2D eigenvalue weighted by molar-refractivity contribution is 7.23. The summed E-state index contributed by atoms with van der Waals surface area (Å²) in [5.74, 6) is 0.0908. The number of likely N-dealkylation sites (N-methyl/N-ethyl adjacent to an activating group) is 1. The summed E-state index contributed by atoms with van der Waals surface area (Å²) in [7, 11) is 4.13. The topological polar surface area (TPSA) is 119 Å². The molecule has 4 aromatic rings. The van der Waals surface area contributed by atoms with E-state index in [4.69, 9.17) is 20.4 Å². The third kappa shape index (κ3) is 3.93. The smallest absolute Gasteiger partial charge is 0.228 e. The molecule has 4 aliphatic heterocycles. The number of nitrogens with two attached hydrogens (primary N) is 1. The van der Waals surface area contributed by atoms with Crippen molar-refractivity contribution in [2.24, 2.45) is 0 Å². The monoisotopic (exact) mass is 603 g/mol. The Hall–Kier alpha value is -3.70. The molecule has 43 heavy (non-hydrogen) atoms. The van der Waals surface area contributed by atoms with E-state index >= 15 is 4.39 Å². The lowest BCUT2D eigenvalue weighted by Crippen LogP contribution is -2.52. The molecule has 1 aromatic carbocycles. The quantitative estimate of drug-likeness (QED) is 0.357. The van der Waals surface area contributed by atoms with Gasteiger partial charge in [-0.2, -0.15) is 10.2 Å². The maximum absolute atomic E-state index is 17.3. The molecule has 7 heterocycles. The van der Waals surface area contributed by atoms with Crippen LogP contribution in [0.5, 0.6) is 0 Å². The number of nitriles is 1. The standard InChI is InChI=1S/C30H31F2N9OS/c1-39(2)16-5-6-40(11-16)30-37-26-23(29(38-30)41-14-3-4-15(41)9-35-8-14)19-13-42-12-18(19)21(24(26)32)25-22-17(7-33)28(34)43-27(22)20(31)10-36-25/h10,14-16,35H,3-6,8-9,11-13,34H2,1-2H3/t14?,15?,16-/m1/s1. The number of hydrogen-bond donors (Lipinski definition) is 2. The molecule has 3 atom stereocenters. The molecule has 222 valence electrons. The van der Waals surface area contributed by atoms with Gasteiger partial charge in [0.1, 0.15) is 22.4 Å². The second-order valence-corrected chi connectivity index (χ2v) is 13.2. The van der Waals surface area contributed by atoms with E-state index in [0.717, 1.165) is 74.4 Å². The van der Waals surface area contributed by atoms with Gasteiger partial charge in [0.15, 0.2) is 11.6 Å². The minimum Gasteiger partial charge on any atom is -0.389 e. The SMILES string of the molecule is CN(C)[C@@H]1CCN(c2nc(N3C4CCC3CNC4)c3c4c(c(-c5ncc(F)c6sc(N)c(C#N)c56)c(F)c3n2)COC4)C1. The number of benzene rings is 1. The molecule has 3 aromatic heterocycles. The van der Waals surface area contributed by atoms with Crippen LogP contribution < -0.4 is 20.9 Å². The number of hydrogen-bond acceptors (Lipinski definition) is 11. The van der Waals surface area contributed by atoms with Gasteiger partial charge >= 0.3 is 0 Å². The van der Waals surface area contributed by atoms with Gasteiger partial charge in [-0.25, -0.2) is 13.8 Å². The molecule has 4 aliphatic rings. The van der Waals surface area contributed by atoms with E-state index < -0.39 is 11.6 Å². The Kier molecular flexibility index (Phi) is 6.20. The van der Waals surface area contributed by atoms with Crippen molar-refractivity contribution in [3.63, 3.8) is 0 Å². The van der Waals surface area contributed by atoms with E-state index in [1.165, 1.54) is 0 Å². The van der Waals surface area contributed by atoms with Gasteiger partial charge in [-0.1, -0.05) is 0 Å². The number of anilines is 3. The predicted octanol–water partition coefficient (Wildman–Crippen LogP) is 3.75. The summed E-state index contributed by atoms with van der Waals surface area (Å²) in [6.45, 7) is 3.63. The van der Waals surface area contributed by atoms with Crippen molar-refractivity contribution in [3.8, 4) is 17.3 Å². The Morgan fingerprint density at radius 2 is 1.88 bits per heavy atom. The molecule has 3 saturated heterocycles. The van der Waals surface area contributed by atoms with Crippen LogP contribution in [-0.2, 0) is 18.0 Å². The summed E-state index contributed by atoms with van der Waals surface area (Å²) in [6, 6.07) is 2.94. The van der Waals surface area contributed by atoms with E-state index in [1.54, 1.807) is 0 Å². The summed E-state index contributed by atoms with van der Waals surface area (Å²) in [5, 5.41) is 14.5. The average molecular weight is 604 g/mol. The van der Waals surface area contributed by atoms with Crippen molar-refractivity contribution in [1.29, 1.82) is 5.26 Å². The molecule has 8 rings (SSSR count). The molecular formula is C30H31F2N9OS. The molecule has 0 spiro atoms. The number of nitrogen functional groups attached to an aromatic ring is 1. The summed E-state index contributed by atoms with van der Waals surface area (Å²) in [4.78, 5) is 21.2. The maximum atomic E-state index is 17.3. The Balaban J connectivity index is 1.42. The zero-order valence-electron chi connectivity index (χ0n) is 24.0. The van der Waals surface area contributed by atoms with Gasteiger partial charge in [0.2, 0.25) is 5.95 Å². The van der Waals surface area contributed by atoms with Crippen LogP contribution in [0.3, 0.4) is 0 Å². The fraction of sp³-hybridized carbons (Fsp3) is 0.467. The number of nitrogens with zero attached hydrogens (tertiary/aromatic N) is 7. The first-order valence-electron chi connectivity index (χ1n) is 14.7. The molecule has 10 nitrogen and oxygen atoms in total. The van der Waals surface area contributed by atoms with Crippen LogP contribution in [0.1, 0.15) is 36.0 Å². The highest BCUT2D eigenvalue weighted by atomic mass is 32.1. The van der Waals surface area contributed by atoms with E-state index in [1.807, 2.05) is 0 Å². The zero-order chi connectivity index (χ0) is 29.6. The molecule has 0 saturated carbocycles. The first-order chi connectivity index (χ1) is 20.9. The number of rotatable bonds is 4. The number of pyridine rings is 1. The second-order valence-electron chi connectivity index (χ2n) is 12.1. The third-order valence-electron chi connectivity index (χ3n) is 9.61. The van der Waals surface area contributed by atoms with Gasteiger partial charge in [0, 0.05) is 55.3 Å². The predicted molar refractivity (Wildman–Crippen MR) is 162 cm³/mol. The minimum atomic E-state index is -0.600. The van der Waals surface area contributed by atoms with E-state index in [0.29, 0.717) is 22.9 Å². The molecule has 13 heteroatoms. The first kappa shape index (κ1) is 26.9. The van der Waals surface area contributed by atoms with Crippen LogP contribution in [0.4, 0.5) is 25.5 Å². The van der Waals surface area contributed by atoms with Gasteiger partial charge in [-0.05, 0) is 44.5 Å². The van der Waals surface area contributed by atoms with Crippen molar-refractivity contribution in [1.82, 2.24) is 25.2 Å². The van der Waals surface area contributed by atoms with Crippen LogP contribution >= 0.6 is 11.3 Å². The van der Waals surface area contributed by atoms with E-state index in [9.17, 15) is 9.65 Å². The highest BCUT2D eigenvalue weighted by Gasteiger charge is 2.41. The van der Waals surface area contributed by atoms with Crippen molar-refractivity contribution >= 4 is 49.1 Å². The van der Waals surface area contributed by atoms with Crippen LogP contribution in [0.2, 0.25) is 0 Å². The number of thiophene rings is 1. The molecule has 0 radical (unpaired) electrons. The van der Waals surface area contributed by atoms with Gasteiger partial charge in [-0.3, -0.25) is 4.98 Å². The van der Waals surface area contributed by atoms with Crippen LogP contribution in [-0.4, -0.2) is 78.3 Å². The molecule has 0 amide bonds. The lowest BCUT2D eigenvalue weighted by Gasteiger charge is -2.37. The number of aromatic nitrogens is 3. The number of fused-ring (bicyclic) bond motifs is 6. The number of piperazine rings is 1. The molecule has 0 aliphatic carbocycles. The fourth-order valence-corrected chi connectivity index (χ4v) is 8.35. The summed E-state index contributed by atoms with van der Waals surface area (Å²) in [6.07, 6.45) is 4.11.